The van der Waals surface area contributed by atoms with Crippen molar-refractivity contribution in [3.05, 3.63) is 69.8 Å². The first-order valence-electron chi connectivity index (χ1n) is 10.5. The van der Waals surface area contributed by atoms with Gasteiger partial charge in [-0.15, -0.1) is 0 Å². The predicted molar refractivity (Wildman–Crippen MR) is 124 cm³/mol. The number of hydrogen-bond acceptors (Lipinski definition) is 8. The fourth-order valence-corrected chi connectivity index (χ4v) is 3.88. The lowest BCUT2D eigenvalue weighted by atomic mass is 9.86. The van der Waals surface area contributed by atoms with Gasteiger partial charge in [0.2, 0.25) is 0 Å². The number of phenolic OH excluding ortho intramolecular Hbond substituents is 4. The smallest absolute Gasteiger partial charge is 0.315 e. The monoisotopic (exact) mass is 466 g/mol. The van der Waals surface area contributed by atoms with Gasteiger partial charge in [-0.1, -0.05) is 0 Å². The average Bonchev–Trinajstić information content (AvgIpc) is 2.71. The van der Waals surface area contributed by atoms with Crippen LogP contribution in [0.25, 0.3) is 0 Å². The lowest BCUT2D eigenvalue weighted by Gasteiger charge is -2.20. The van der Waals surface area contributed by atoms with E-state index in [2.05, 4.69) is 0 Å². The van der Waals surface area contributed by atoms with Crippen molar-refractivity contribution in [2.24, 2.45) is 0 Å². The zero-order chi connectivity index (χ0) is 25.2. The van der Waals surface area contributed by atoms with E-state index in [4.69, 9.17) is 9.47 Å². The van der Waals surface area contributed by atoms with Crippen LogP contribution in [0.3, 0.4) is 0 Å². The first-order valence-corrected chi connectivity index (χ1v) is 10.5. The van der Waals surface area contributed by atoms with Gasteiger partial charge in [0.15, 0.2) is 0 Å². The highest BCUT2D eigenvalue weighted by molar-refractivity contribution is 5.79. The fourth-order valence-electron chi connectivity index (χ4n) is 3.88. The Kier molecular flexibility index (Phi) is 7.00. The Balaban J connectivity index is 1.80. The third-order valence-corrected chi connectivity index (χ3v) is 5.79. The largest absolute Gasteiger partial charge is 0.508 e. The number of esters is 2. The highest BCUT2D eigenvalue weighted by atomic mass is 16.5. The van der Waals surface area contributed by atoms with Crippen molar-refractivity contribution in [3.63, 3.8) is 0 Å². The summed E-state index contributed by atoms with van der Waals surface area (Å²) in [5.74, 6) is -1.96. The Labute approximate surface area is 196 Å². The molecular weight excluding hydrogens is 440 g/mol. The maximum absolute atomic E-state index is 12.6. The van der Waals surface area contributed by atoms with Crippen molar-refractivity contribution in [1.29, 1.82) is 0 Å². The molecule has 178 valence electrons. The Morgan fingerprint density at radius 2 is 0.824 bits per heavy atom. The van der Waals surface area contributed by atoms with Gasteiger partial charge < -0.3 is 29.9 Å². The minimum Gasteiger partial charge on any atom is -0.508 e. The van der Waals surface area contributed by atoms with Crippen LogP contribution in [0.5, 0.6) is 34.5 Å². The summed E-state index contributed by atoms with van der Waals surface area (Å²) in [5, 5.41) is 38.3. The topological polar surface area (TPSA) is 134 Å². The van der Waals surface area contributed by atoms with Gasteiger partial charge in [-0.05, 0) is 61.1 Å². The molecule has 0 heterocycles. The number of carbonyl (C=O) groups excluding carboxylic acids is 2. The molecule has 0 saturated carbocycles. The molecule has 0 unspecified atom stereocenters. The molecular formula is C26H26O8. The highest BCUT2D eigenvalue weighted by Gasteiger charge is 2.20. The third kappa shape index (κ3) is 5.58. The molecule has 0 saturated heterocycles. The molecule has 0 fully saturated rings. The van der Waals surface area contributed by atoms with E-state index in [1.807, 2.05) is 27.7 Å². The van der Waals surface area contributed by atoms with E-state index in [0.29, 0.717) is 0 Å². The minimum atomic E-state index is -0.564. The number of carbonyl (C=O) groups is 2. The highest BCUT2D eigenvalue weighted by Crippen LogP contribution is 2.30. The maximum atomic E-state index is 12.6. The van der Waals surface area contributed by atoms with Crippen LogP contribution in [0.4, 0.5) is 0 Å². The Bertz CT molecular complexity index is 1110. The number of rotatable bonds is 6. The Morgan fingerprint density at radius 1 is 0.559 bits per heavy atom. The number of benzene rings is 3. The van der Waals surface area contributed by atoms with Crippen molar-refractivity contribution in [2.75, 3.05) is 0 Å². The number of ether oxygens (including phenoxy) is 2. The van der Waals surface area contributed by atoms with Crippen LogP contribution in [0.1, 0.15) is 33.4 Å². The van der Waals surface area contributed by atoms with Crippen LogP contribution in [-0.4, -0.2) is 32.4 Å². The average molecular weight is 466 g/mol. The lowest BCUT2D eigenvalue weighted by Crippen LogP contribution is -2.17. The molecule has 0 aliphatic heterocycles. The van der Waals surface area contributed by atoms with E-state index < -0.39 is 11.9 Å². The maximum Gasteiger partial charge on any atom is 0.315 e. The first kappa shape index (κ1) is 24.4. The van der Waals surface area contributed by atoms with Crippen molar-refractivity contribution in [2.45, 2.75) is 40.5 Å². The van der Waals surface area contributed by atoms with E-state index in [1.54, 1.807) is 0 Å². The zero-order valence-corrected chi connectivity index (χ0v) is 19.3. The molecule has 0 atom stereocenters. The zero-order valence-electron chi connectivity index (χ0n) is 19.3. The van der Waals surface area contributed by atoms with Crippen LogP contribution < -0.4 is 9.47 Å². The molecule has 4 N–H and O–H groups in total. The summed E-state index contributed by atoms with van der Waals surface area (Å²) in [7, 11) is 0. The second-order valence-electron chi connectivity index (χ2n) is 8.13. The molecule has 8 nitrogen and oxygen atoms in total. The van der Waals surface area contributed by atoms with E-state index in [0.717, 1.165) is 45.5 Å². The van der Waals surface area contributed by atoms with E-state index in [1.165, 1.54) is 24.3 Å². The van der Waals surface area contributed by atoms with E-state index in [-0.39, 0.29) is 47.3 Å². The SMILES string of the molecule is Cc1c(C)c(CC(=O)Oc2cc(O)cc(O)c2)c(C)c(C)c1CC(=O)Oc1cc(O)cc(O)c1. The van der Waals surface area contributed by atoms with Crippen LogP contribution in [0, 0.1) is 27.7 Å². The van der Waals surface area contributed by atoms with Crippen molar-refractivity contribution in [3.8, 4) is 34.5 Å². The number of phenols is 4. The molecule has 0 spiro atoms. The second kappa shape index (κ2) is 9.74. The molecule has 0 aliphatic rings. The Hall–Kier alpha value is -4.20. The summed E-state index contributed by atoms with van der Waals surface area (Å²) in [4.78, 5) is 25.1. The lowest BCUT2D eigenvalue weighted by molar-refractivity contribution is -0.134. The summed E-state index contributed by atoms with van der Waals surface area (Å²) < 4.78 is 10.6. The summed E-state index contributed by atoms with van der Waals surface area (Å²) in [6.45, 7) is 7.42. The molecule has 0 radical (unpaired) electrons. The van der Waals surface area contributed by atoms with Crippen LogP contribution in [-0.2, 0) is 22.4 Å². The van der Waals surface area contributed by atoms with Gasteiger partial charge in [0.1, 0.15) is 34.5 Å². The standard InChI is InChI=1S/C26H26O8/c1-13-14(2)24(12-26(32)34-22-9-19(29)6-20(30)10-22)16(4)15(3)23(13)11-25(31)33-21-7-17(27)5-18(28)8-21/h5-10,27-30H,11-12H2,1-4H3. The molecule has 3 aromatic carbocycles. The quantitative estimate of drug-likeness (QED) is 0.316. The molecule has 0 amide bonds. The molecule has 3 aromatic rings. The fraction of sp³-hybridized carbons (Fsp3) is 0.231. The van der Waals surface area contributed by atoms with Gasteiger partial charge in [0, 0.05) is 36.4 Å². The van der Waals surface area contributed by atoms with Gasteiger partial charge in [0.25, 0.3) is 0 Å². The van der Waals surface area contributed by atoms with Gasteiger partial charge in [-0.2, -0.15) is 0 Å². The van der Waals surface area contributed by atoms with Gasteiger partial charge in [0.05, 0.1) is 12.8 Å². The van der Waals surface area contributed by atoms with Crippen molar-refractivity contribution < 1.29 is 39.5 Å². The van der Waals surface area contributed by atoms with Gasteiger partial charge >= 0.3 is 11.9 Å². The van der Waals surface area contributed by atoms with Crippen molar-refractivity contribution >= 4 is 11.9 Å². The predicted octanol–water partition coefficient (Wildman–Crippen LogP) is 4.04. The van der Waals surface area contributed by atoms with Gasteiger partial charge in [-0.3, -0.25) is 9.59 Å². The van der Waals surface area contributed by atoms with E-state index in [9.17, 15) is 30.0 Å². The van der Waals surface area contributed by atoms with Gasteiger partial charge in [-0.25, -0.2) is 0 Å². The molecule has 8 heteroatoms. The Morgan fingerprint density at radius 3 is 1.09 bits per heavy atom. The molecule has 34 heavy (non-hydrogen) atoms. The van der Waals surface area contributed by atoms with Crippen molar-refractivity contribution in [1.82, 2.24) is 0 Å². The number of aromatic hydroxyl groups is 4. The molecule has 0 bridgehead atoms. The summed E-state index contributed by atoms with van der Waals surface area (Å²) in [6.07, 6.45) is -0.0773. The van der Waals surface area contributed by atoms with Crippen LogP contribution in [0.2, 0.25) is 0 Å². The molecule has 0 aliphatic carbocycles. The van der Waals surface area contributed by atoms with Crippen LogP contribution in [0.15, 0.2) is 36.4 Å². The van der Waals surface area contributed by atoms with E-state index >= 15 is 0 Å². The van der Waals surface area contributed by atoms with Crippen LogP contribution >= 0.6 is 0 Å². The molecule has 0 aromatic heterocycles. The minimum absolute atomic E-state index is 0.0311. The normalized spacial score (nSPS) is 10.7. The first-order chi connectivity index (χ1) is 15.9. The second-order valence-corrected chi connectivity index (χ2v) is 8.13. The summed E-state index contributed by atoms with van der Waals surface area (Å²) in [6, 6.07) is 7.18. The number of hydrogen-bond donors (Lipinski definition) is 4. The third-order valence-electron chi connectivity index (χ3n) is 5.79. The molecule has 3 rings (SSSR count). The summed E-state index contributed by atoms with van der Waals surface area (Å²) >= 11 is 0. The summed E-state index contributed by atoms with van der Waals surface area (Å²) in [5.41, 5.74) is 4.85.